The van der Waals surface area contributed by atoms with Crippen molar-refractivity contribution < 1.29 is 4.74 Å². The molecule has 0 amide bonds. The predicted octanol–water partition coefficient (Wildman–Crippen LogP) is 3.13. The van der Waals surface area contributed by atoms with Crippen LogP contribution in [0.25, 0.3) is 0 Å². The van der Waals surface area contributed by atoms with Crippen LogP contribution in [-0.4, -0.2) is 11.7 Å². The fraction of sp³-hybridized carbons (Fsp3) is 1.00. The van der Waals surface area contributed by atoms with Gasteiger partial charge in [-0.15, -0.1) is 0 Å². The van der Waals surface area contributed by atoms with E-state index in [0.717, 1.165) is 0 Å². The molecule has 1 aliphatic rings. The highest BCUT2D eigenvalue weighted by Crippen LogP contribution is 2.28. The number of hydrogen-bond acceptors (Lipinski definition) is 1. The smallest absolute Gasteiger partial charge is 0.0630 e. The summed E-state index contributed by atoms with van der Waals surface area (Å²) in [5.74, 6) is 0. The molecule has 0 saturated heterocycles. The Bertz CT molecular complexity index is 114. The SMILES string of the molecule is CCCC(C)(C)OC1CCC1. The van der Waals surface area contributed by atoms with Gasteiger partial charge in [0.05, 0.1) is 11.7 Å². The lowest BCUT2D eigenvalue weighted by molar-refractivity contribution is -0.106. The van der Waals surface area contributed by atoms with Crippen LogP contribution in [0.15, 0.2) is 0 Å². The zero-order valence-electron chi connectivity index (χ0n) is 8.02. The summed E-state index contributed by atoms with van der Waals surface area (Å²) in [5, 5.41) is 0. The molecule has 0 heterocycles. The highest BCUT2D eigenvalue weighted by atomic mass is 16.5. The van der Waals surface area contributed by atoms with Crippen molar-refractivity contribution in [2.75, 3.05) is 0 Å². The van der Waals surface area contributed by atoms with Crippen molar-refractivity contribution in [1.82, 2.24) is 0 Å². The Morgan fingerprint density at radius 1 is 1.36 bits per heavy atom. The first-order valence-corrected chi connectivity index (χ1v) is 4.82. The molecule has 0 spiro atoms. The summed E-state index contributed by atoms with van der Waals surface area (Å²) in [6.07, 6.45) is 6.92. The van der Waals surface area contributed by atoms with E-state index in [4.69, 9.17) is 4.74 Å². The molecule has 0 radical (unpaired) electrons. The third-order valence-electron chi connectivity index (χ3n) is 2.39. The zero-order valence-corrected chi connectivity index (χ0v) is 8.02. The summed E-state index contributed by atoms with van der Waals surface area (Å²) < 4.78 is 5.91. The molecule has 1 aliphatic carbocycles. The Labute approximate surface area is 70.1 Å². The summed E-state index contributed by atoms with van der Waals surface area (Å²) in [6, 6.07) is 0. The number of rotatable bonds is 4. The van der Waals surface area contributed by atoms with Gasteiger partial charge in [0.25, 0.3) is 0 Å². The van der Waals surface area contributed by atoms with Crippen LogP contribution in [0.2, 0.25) is 0 Å². The summed E-state index contributed by atoms with van der Waals surface area (Å²) in [5.41, 5.74) is 0.125. The van der Waals surface area contributed by atoms with E-state index < -0.39 is 0 Å². The molecule has 1 nitrogen and oxygen atoms in total. The van der Waals surface area contributed by atoms with E-state index >= 15 is 0 Å². The lowest BCUT2D eigenvalue weighted by atomic mass is 9.94. The fourth-order valence-electron chi connectivity index (χ4n) is 1.60. The average molecular weight is 156 g/mol. The Morgan fingerprint density at radius 2 is 2.00 bits per heavy atom. The van der Waals surface area contributed by atoms with Crippen LogP contribution in [0.4, 0.5) is 0 Å². The van der Waals surface area contributed by atoms with E-state index in [9.17, 15) is 0 Å². The Kier molecular flexibility index (Phi) is 2.94. The van der Waals surface area contributed by atoms with Crippen LogP contribution in [-0.2, 0) is 4.74 Å². The lowest BCUT2D eigenvalue weighted by Crippen LogP contribution is -2.34. The molecule has 0 aromatic carbocycles. The van der Waals surface area contributed by atoms with Gasteiger partial charge in [-0.2, -0.15) is 0 Å². The van der Waals surface area contributed by atoms with Crippen molar-refractivity contribution >= 4 is 0 Å². The van der Waals surface area contributed by atoms with E-state index in [-0.39, 0.29) is 5.60 Å². The highest BCUT2D eigenvalue weighted by molar-refractivity contribution is 4.76. The van der Waals surface area contributed by atoms with Crippen molar-refractivity contribution in [3.8, 4) is 0 Å². The van der Waals surface area contributed by atoms with Gasteiger partial charge in [0.2, 0.25) is 0 Å². The van der Waals surface area contributed by atoms with Crippen LogP contribution in [0.5, 0.6) is 0 Å². The summed E-state index contributed by atoms with van der Waals surface area (Å²) in [7, 11) is 0. The van der Waals surface area contributed by atoms with Crippen molar-refractivity contribution in [2.24, 2.45) is 0 Å². The molecule has 1 saturated carbocycles. The minimum Gasteiger partial charge on any atom is -0.372 e. The van der Waals surface area contributed by atoms with Crippen LogP contribution in [0, 0.1) is 0 Å². The second kappa shape index (κ2) is 3.57. The zero-order chi connectivity index (χ0) is 8.32. The molecule has 0 aromatic rings. The molecule has 0 aromatic heterocycles. The monoisotopic (exact) mass is 156 g/mol. The van der Waals surface area contributed by atoms with Crippen molar-refractivity contribution in [3.63, 3.8) is 0 Å². The van der Waals surface area contributed by atoms with E-state index in [1.54, 1.807) is 0 Å². The second-order valence-corrected chi connectivity index (χ2v) is 4.18. The molecule has 66 valence electrons. The van der Waals surface area contributed by atoms with Gasteiger partial charge in [-0.05, 0) is 39.5 Å². The normalized spacial score (nSPS) is 19.9. The fourth-order valence-corrected chi connectivity index (χ4v) is 1.60. The van der Waals surface area contributed by atoms with Crippen molar-refractivity contribution in [1.29, 1.82) is 0 Å². The van der Waals surface area contributed by atoms with Gasteiger partial charge in [-0.25, -0.2) is 0 Å². The maximum absolute atomic E-state index is 5.91. The Hall–Kier alpha value is -0.0400. The third kappa shape index (κ3) is 2.82. The van der Waals surface area contributed by atoms with Gasteiger partial charge in [-0.1, -0.05) is 13.3 Å². The number of ether oxygens (including phenoxy) is 1. The molecule has 1 heteroatoms. The second-order valence-electron chi connectivity index (χ2n) is 4.18. The van der Waals surface area contributed by atoms with Gasteiger partial charge < -0.3 is 4.74 Å². The van der Waals surface area contributed by atoms with E-state index in [0.29, 0.717) is 6.10 Å². The van der Waals surface area contributed by atoms with Crippen molar-refractivity contribution in [3.05, 3.63) is 0 Å². The molecule has 0 aliphatic heterocycles. The van der Waals surface area contributed by atoms with E-state index in [2.05, 4.69) is 20.8 Å². The maximum atomic E-state index is 5.91. The van der Waals surface area contributed by atoms with Crippen molar-refractivity contribution in [2.45, 2.75) is 64.6 Å². The van der Waals surface area contributed by atoms with Crippen LogP contribution in [0.3, 0.4) is 0 Å². The minimum atomic E-state index is 0.125. The molecule has 1 fully saturated rings. The number of hydrogen-bond donors (Lipinski definition) is 0. The first-order chi connectivity index (χ1) is 5.14. The van der Waals surface area contributed by atoms with Gasteiger partial charge in [0.1, 0.15) is 0 Å². The maximum Gasteiger partial charge on any atom is 0.0630 e. The minimum absolute atomic E-state index is 0.125. The Morgan fingerprint density at radius 3 is 2.36 bits per heavy atom. The quantitative estimate of drug-likeness (QED) is 0.607. The van der Waals surface area contributed by atoms with Crippen LogP contribution >= 0.6 is 0 Å². The molecule has 0 atom stereocenters. The summed E-state index contributed by atoms with van der Waals surface area (Å²) in [6.45, 7) is 6.62. The summed E-state index contributed by atoms with van der Waals surface area (Å²) >= 11 is 0. The topological polar surface area (TPSA) is 9.23 Å². The van der Waals surface area contributed by atoms with Gasteiger partial charge in [-0.3, -0.25) is 0 Å². The van der Waals surface area contributed by atoms with Gasteiger partial charge in [0.15, 0.2) is 0 Å². The standard InChI is InChI=1S/C10H20O/c1-4-8-10(2,3)11-9-6-5-7-9/h9H,4-8H2,1-3H3. The average Bonchev–Trinajstić information content (AvgIpc) is 1.79. The van der Waals surface area contributed by atoms with Gasteiger partial charge in [0, 0.05) is 0 Å². The van der Waals surface area contributed by atoms with E-state index in [1.165, 1.54) is 32.1 Å². The molecule has 0 N–H and O–H groups in total. The van der Waals surface area contributed by atoms with Gasteiger partial charge >= 0.3 is 0 Å². The highest BCUT2D eigenvalue weighted by Gasteiger charge is 2.26. The first-order valence-electron chi connectivity index (χ1n) is 4.82. The molecular weight excluding hydrogens is 136 g/mol. The predicted molar refractivity (Wildman–Crippen MR) is 47.7 cm³/mol. The van der Waals surface area contributed by atoms with Crippen LogP contribution < -0.4 is 0 Å². The van der Waals surface area contributed by atoms with Crippen LogP contribution in [0.1, 0.15) is 52.9 Å². The summed E-state index contributed by atoms with van der Waals surface area (Å²) in [4.78, 5) is 0. The molecule has 0 unspecified atom stereocenters. The lowest BCUT2D eigenvalue weighted by Gasteiger charge is -2.35. The Balaban J connectivity index is 2.20. The molecule has 11 heavy (non-hydrogen) atoms. The third-order valence-corrected chi connectivity index (χ3v) is 2.39. The largest absolute Gasteiger partial charge is 0.372 e. The molecular formula is C10H20O. The molecule has 1 rings (SSSR count). The molecule has 0 bridgehead atoms. The first kappa shape index (κ1) is 9.05. The van der Waals surface area contributed by atoms with E-state index in [1.807, 2.05) is 0 Å².